The van der Waals surface area contributed by atoms with Gasteiger partial charge in [0.2, 0.25) is 0 Å². The molecule has 1 heterocycles. The van der Waals surface area contributed by atoms with Gasteiger partial charge >= 0.3 is 6.03 Å². The molecule has 0 spiro atoms. The van der Waals surface area contributed by atoms with Crippen molar-refractivity contribution in [3.8, 4) is 0 Å². The minimum absolute atomic E-state index is 0.121. The van der Waals surface area contributed by atoms with Crippen LogP contribution in [0.15, 0.2) is 42.7 Å². The number of hydrogen-bond acceptors (Lipinski definition) is 2. The Morgan fingerprint density at radius 2 is 2.00 bits per heavy atom. The molecule has 2 aromatic rings. The Balaban J connectivity index is 1.76. The number of pyridine rings is 1. The first-order valence-corrected chi connectivity index (χ1v) is 8.80. The van der Waals surface area contributed by atoms with Crippen molar-refractivity contribution in [3.63, 3.8) is 0 Å². The number of aromatic nitrogens is 1. The van der Waals surface area contributed by atoms with Crippen molar-refractivity contribution in [2.75, 3.05) is 5.32 Å². The molecule has 0 radical (unpaired) electrons. The van der Waals surface area contributed by atoms with E-state index in [1.165, 1.54) is 0 Å². The molecule has 0 bridgehead atoms. The number of nitrogens with one attached hydrogen (secondary N) is 1. The van der Waals surface area contributed by atoms with Gasteiger partial charge in [-0.3, -0.25) is 4.98 Å². The lowest BCUT2D eigenvalue weighted by Crippen LogP contribution is -2.41. The number of nitrogens with zero attached hydrogens (tertiary/aromatic N) is 2. The highest BCUT2D eigenvalue weighted by molar-refractivity contribution is 6.42. The molecule has 0 unspecified atom stereocenters. The zero-order valence-electron chi connectivity index (χ0n) is 13.2. The normalized spacial score (nSPS) is 14.6. The van der Waals surface area contributed by atoms with E-state index >= 15 is 0 Å². The van der Waals surface area contributed by atoms with Crippen LogP contribution < -0.4 is 5.32 Å². The van der Waals surface area contributed by atoms with Crippen LogP contribution in [0.4, 0.5) is 10.5 Å². The number of anilines is 1. The molecule has 3 rings (SSSR count). The van der Waals surface area contributed by atoms with Gasteiger partial charge in [-0.25, -0.2) is 4.79 Å². The van der Waals surface area contributed by atoms with E-state index in [0.717, 1.165) is 31.2 Å². The second kappa shape index (κ2) is 7.86. The van der Waals surface area contributed by atoms with Gasteiger partial charge in [-0.15, -0.1) is 0 Å². The van der Waals surface area contributed by atoms with Gasteiger partial charge in [-0.2, -0.15) is 0 Å². The molecule has 0 atom stereocenters. The molecular weight excluding hydrogens is 345 g/mol. The molecule has 1 aromatic carbocycles. The minimum Gasteiger partial charge on any atom is -0.317 e. The van der Waals surface area contributed by atoms with E-state index in [4.69, 9.17) is 23.2 Å². The lowest BCUT2D eigenvalue weighted by Gasteiger charge is -2.29. The average Bonchev–Trinajstić information content (AvgIpc) is 3.11. The third-order valence-corrected chi connectivity index (χ3v) is 5.01. The Kier molecular flexibility index (Phi) is 5.59. The Bertz CT molecular complexity index is 703. The van der Waals surface area contributed by atoms with Crippen LogP contribution >= 0.6 is 23.2 Å². The van der Waals surface area contributed by atoms with E-state index < -0.39 is 0 Å². The van der Waals surface area contributed by atoms with Crippen molar-refractivity contribution < 1.29 is 4.79 Å². The highest BCUT2D eigenvalue weighted by atomic mass is 35.5. The largest absolute Gasteiger partial charge is 0.322 e. The molecule has 1 fully saturated rings. The summed E-state index contributed by atoms with van der Waals surface area (Å²) in [7, 11) is 0. The Labute approximate surface area is 151 Å². The number of carbonyl (C=O) groups is 1. The number of rotatable bonds is 4. The van der Waals surface area contributed by atoms with Crippen LogP contribution in [0.1, 0.15) is 31.2 Å². The molecule has 1 aromatic heterocycles. The third kappa shape index (κ3) is 4.19. The maximum atomic E-state index is 12.8. The van der Waals surface area contributed by atoms with E-state index in [0.29, 0.717) is 22.3 Å². The number of carbonyl (C=O) groups excluding carboxylic acids is 1. The Morgan fingerprint density at radius 1 is 1.21 bits per heavy atom. The van der Waals surface area contributed by atoms with Gasteiger partial charge in [-0.05, 0) is 42.7 Å². The molecular formula is C18H19Cl2N3O. The molecule has 24 heavy (non-hydrogen) atoms. The first-order chi connectivity index (χ1) is 11.6. The summed E-state index contributed by atoms with van der Waals surface area (Å²) in [4.78, 5) is 18.9. The van der Waals surface area contributed by atoms with Crippen LogP contribution in [-0.2, 0) is 6.54 Å². The number of benzene rings is 1. The van der Waals surface area contributed by atoms with E-state index in [9.17, 15) is 4.79 Å². The maximum absolute atomic E-state index is 12.8. The van der Waals surface area contributed by atoms with Gasteiger partial charge in [-0.1, -0.05) is 42.1 Å². The van der Waals surface area contributed by atoms with Crippen molar-refractivity contribution >= 4 is 34.9 Å². The molecule has 1 saturated carbocycles. The van der Waals surface area contributed by atoms with E-state index in [-0.39, 0.29) is 12.1 Å². The molecule has 126 valence electrons. The summed E-state index contributed by atoms with van der Waals surface area (Å²) in [6.45, 7) is 0.547. The number of hydrogen-bond donors (Lipinski definition) is 1. The van der Waals surface area contributed by atoms with Crippen molar-refractivity contribution in [2.24, 2.45) is 0 Å². The van der Waals surface area contributed by atoms with Crippen molar-refractivity contribution in [3.05, 3.63) is 58.3 Å². The highest BCUT2D eigenvalue weighted by Crippen LogP contribution is 2.28. The van der Waals surface area contributed by atoms with E-state index in [1.54, 1.807) is 30.6 Å². The Morgan fingerprint density at radius 3 is 2.67 bits per heavy atom. The summed E-state index contributed by atoms with van der Waals surface area (Å²) < 4.78 is 0. The molecule has 4 nitrogen and oxygen atoms in total. The summed E-state index contributed by atoms with van der Waals surface area (Å²) in [6.07, 6.45) is 7.93. The fourth-order valence-corrected chi connectivity index (χ4v) is 3.34. The third-order valence-electron chi connectivity index (χ3n) is 4.27. The van der Waals surface area contributed by atoms with E-state index in [2.05, 4.69) is 10.3 Å². The van der Waals surface area contributed by atoms with Crippen LogP contribution in [-0.4, -0.2) is 22.0 Å². The van der Waals surface area contributed by atoms with Crippen molar-refractivity contribution in [2.45, 2.75) is 38.3 Å². The first kappa shape index (κ1) is 17.1. The summed E-state index contributed by atoms with van der Waals surface area (Å²) in [6, 6.07) is 9.11. The highest BCUT2D eigenvalue weighted by Gasteiger charge is 2.27. The molecule has 1 aliphatic carbocycles. The molecule has 2 amide bonds. The Hall–Kier alpha value is -1.78. The van der Waals surface area contributed by atoms with Gasteiger partial charge in [0.05, 0.1) is 10.0 Å². The number of amides is 2. The van der Waals surface area contributed by atoms with Crippen LogP contribution in [0.25, 0.3) is 0 Å². The van der Waals surface area contributed by atoms with Crippen LogP contribution in [0.2, 0.25) is 10.0 Å². The van der Waals surface area contributed by atoms with Gasteiger partial charge in [0.25, 0.3) is 0 Å². The molecule has 0 aliphatic heterocycles. The molecule has 0 saturated heterocycles. The number of urea groups is 1. The maximum Gasteiger partial charge on any atom is 0.322 e. The van der Waals surface area contributed by atoms with Gasteiger partial charge in [0.15, 0.2) is 0 Å². The lowest BCUT2D eigenvalue weighted by atomic mass is 10.2. The monoisotopic (exact) mass is 363 g/mol. The summed E-state index contributed by atoms with van der Waals surface area (Å²) in [5.74, 6) is 0. The summed E-state index contributed by atoms with van der Waals surface area (Å²) in [5.41, 5.74) is 1.66. The van der Waals surface area contributed by atoms with Gasteiger partial charge < -0.3 is 10.2 Å². The SMILES string of the molecule is O=C(Nc1ccc(Cl)c(Cl)c1)N(Cc1cccnc1)C1CCCC1. The molecule has 1 N–H and O–H groups in total. The topological polar surface area (TPSA) is 45.2 Å². The average molecular weight is 364 g/mol. The van der Waals surface area contributed by atoms with E-state index in [1.807, 2.05) is 17.0 Å². The smallest absolute Gasteiger partial charge is 0.317 e. The molecule has 1 aliphatic rings. The standard InChI is InChI=1S/C18H19Cl2N3O/c19-16-8-7-14(10-17(16)20)22-18(24)23(15-5-1-2-6-15)12-13-4-3-9-21-11-13/h3-4,7-11,15H,1-2,5-6,12H2,(H,22,24). The van der Waals surface area contributed by atoms with Crippen LogP contribution in [0.5, 0.6) is 0 Å². The van der Waals surface area contributed by atoms with Gasteiger partial charge in [0, 0.05) is 30.7 Å². The lowest BCUT2D eigenvalue weighted by molar-refractivity contribution is 0.184. The second-order valence-corrected chi connectivity index (χ2v) is 6.80. The summed E-state index contributed by atoms with van der Waals surface area (Å²) >= 11 is 12.0. The molecule has 6 heteroatoms. The minimum atomic E-state index is -0.121. The predicted molar refractivity (Wildman–Crippen MR) is 97.5 cm³/mol. The van der Waals surface area contributed by atoms with Gasteiger partial charge in [0.1, 0.15) is 0 Å². The van der Waals surface area contributed by atoms with Crippen LogP contribution in [0.3, 0.4) is 0 Å². The summed E-state index contributed by atoms with van der Waals surface area (Å²) in [5, 5.41) is 3.83. The zero-order valence-corrected chi connectivity index (χ0v) is 14.7. The van der Waals surface area contributed by atoms with Crippen LogP contribution in [0, 0.1) is 0 Å². The first-order valence-electron chi connectivity index (χ1n) is 8.05. The van der Waals surface area contributed by atoms with Crippen molar-refractivity contribution in [1.29, 1.82) is 0 Å². The second-order valence-electron chi connectivity index (χ2n) is 5.99. The quantitative estimate of drug-likeness (QED) is 0.793. The fourth-order valence-electron chi connectivity index (χ4n) is 3.04. The fraction of sp³-hybridized carbons (Fsp3) is 0.333. The predicted octanol–water partition coefficient (Wildman–Crippen LogP) is 5.37. The number of halogens is 2. The zero-order chi connectivity index (χ0) is 16.9. The van der Waals surface area contributed by atoms with Crippen molar-refractivity contribution in [1.82, 2.24) is 9.88 Å².